The van der Waals surface area contributed by atoms with Crippen LogP contribution in [0, 0.1) is 0 Å². The Morgan fingerprint density at radius 3 is 2.70 bits per heavy atom. The van der Waals surface area contributed by atoms with Crippen LogP contribution in [0.4, 0.5) is 0 Å². The van der Waals surface area contributed by atoms with Crippen LogP contribution in [0.15, 0.2) is 48.5 Å². The van der Waals surface area contributed by atoms with Crippen LogP contribution in [0.25, 0.3) is 16.3 Å². The van der Waals surface area contributed by atoms with Gasteiger partial charge in [-0.15, -0.1) is 11.3 Å². The molecule has 1 saturated heterocycles. The molecule has 6 heteroatoms. The number of carbonyl (C=O) groups is 1. The molecule has 154 valence electrons. The fourth-order valence-corrected chi connectivity index (χ4v) is 5.10. The second-order valence-electron chi connectivity index (χ2n) is 7.71. The number of fused-ring (bicyclic) bond motifs is 2. The van der Waals surface area contributed by atoms with Gasteiger partial charge in [0.05, 0.1) is 28.4 Å². The highest BCUT2D eigenvalue weighted by atomic mass is 32.1. The van der Waals surface area contributed by atoms with Gasteiger partial charge in [-0.3, -0.25) is 4.79 Å². The molecule has 0 saturated carbocycles. The van der Waals surface area contributed by atoms with Crippen molar-refractivity contribution < 1.29 is 14.3 Å². The van der Waals surface area contributed by atoms with E-state index in [4.69, 9.17) is 14.5 Å². The number of amides is 1. The van der Waals surface area contributed by atoms with Gasteiger partial charge in [-0.05, 0) is 48.7 Å². The standard InChI is InChI=1S/C24H24N2O3S/c27-23(9-7-17-6-8-20-21(16-17)29-15-3-14-28-20)26-12-10-18(11-13-26)24-25-19-4-1-2-5-22(19)30-24/h1-2,4-9,16,18H,3,10-15H2/b9-7+. The van der Waals surface area contributed by atoms with Gasteiger partial charge < -0.3 is 14.4 Å². The highest BCUT2D eigenvalue weighted by molar-refractivity contribution is 7.18. The smallest absolute Gasteiger partial charge is 0.246 e. The molecule has 2 aliphatic rings. The zero-order valence-corrected chi connectivity index (χ0v) is 17.6. The third-order valence-corrected chi connectivity index (χ3v) is 6.86. The Hall–Kier alpha value is -2.86. The predicted octanol–water partition coefficient (Wildman–Crippen LogP) is 4.88. The second-order valence-corrected chi connectivity index (χ2v) is 8.77. The number of rotatable bonds is 3. The molecule has 3 aromatic rings. The van der Waals surface area contributed by atoms with Crippen LogP contribution in [0.5, 0.6) is 11.5 Å². The molecule has 0 radical (unpaired) electrons. The lowest BCUT2D eigenvalue weighted by atomic mass is 9.97. The zero-order chi connectivity index (χ0) is 20.3. The van der Waals surface area contributed by atoms with Crippen molar-refractivity contribution >= 4 is 33.5 Å². The molecule has 0 bridgehead atoms. The van der Waals surface area contributed by atoms with Crippen molar-refractivity contribution in [2.75, 3.05) is 26.3 Å². The van der Waals surface area contributed by atoms with Crippen molar-refractivity contribution in [3.63, 3.8) is 0 Å². The van der Waals surface area contributed by atoms with Gasteiger partial charge in [-0.2, -0.15) is 0 Å². The second kappa shape index (κ2) is 8.48. The summed E-state index contributed by atoms with van der Waals surface area (Å²) in [6, 6.07) is 14.1. The molecule has 1 amide bonds. The van der Waals surface area contributed by atoms with Crippen LogP contribution in [0.2, 0.25) is 0 Å². The minimum absolute atomic E-state index is 0.0601. The molecular formula is C24H24N2O3S. The molecule has 2 aromatic carbocycles. The van der Waals surface area contributed by atoms with E-state index in [9.17, 15) is 4.79 Å². The Labute approximate surface area is 179 Å². The maximum Gasteiger partial charge on any atom is 0.246 e. The predicted molar refractivity (Wildman–Crippen MR) is 119 cm³/mol. The van der Waals surface area contributed by atoms with E-state index in [0.717, 1.165) is 54.9 Å². The van der Waals surface area contributed by atoms with Gasteiger partial charge in [-0.25, -0.2) is 4.98 Å². The summed E-state index contributed by atoms with van der Waals surface area (Å²) in [6.07, 6.45) is 6.33. The fraction of sp³-hybridized carbons (Fsp3) is 0.333. The first-order valence-corrected chi connectivity index (χ1v) is 11.3. The summed E-state index contributed by atoms with van der Waals surface area (Å²) < 4.78 is 12.6. The molecule has 30 heavy (non-hydrogen) atoms. The molecule has 0 aliphatic carbocycles. The van der Waals surface area contributed by atoms with Crippen LogP contribution in [-0.4, -0.2) is 42.1 Å². The number of nitrogens with zero attached hydrogens (tertiary/aromatic N) is 2. The highest BCUT2D eigenvalue weighted by Crippen LogP contribution is 2.34. The molecule has 5 nitrogen and oxygen atoms in total. The molecule has 0 spiro atoms. The van der Waals surface area contributed by atoms with E-state index < -0.39 is 0 Å². The Bertz CT molecular complexity index is 1050. The molecule has 0 unspecified atom stereocenters. The Balaban J connectivity index is 1.20. The monoisotopic (exact) mass is 420 g/mol. The molecular weight excluding hydrogens is 396 g/mol. The summed E-state index contributed by atoms with van der Waals surface area (Å²) in [6.45, 7) is 2.87. The minimum Gasteiger partial charge on any atom is -0.490 e. The Morgan fingerprint density at radius 2 is 1.87 bits per heavy atom. The van der Waals surface area contributed by atoms with Gasteiger partial charge in [-0.1, -0.05) is 18.2 Å². The van der Waals surface area contributed by atoms with Crippen LogP contribution in [-0.2, 0) is 4.79 Å². The summed E-state index contributed by atoms with van der Waals surface area (Å²) in [5.74, 6) is 2.02. The van der Waals surface area contributed by atoms with E-state index in [0.29, 0.717) is 19.1 Å². The van der Waals surface area contributed by atoms with Crippen LogP contribution >= 0.6 is 11.3 Å². The van der Waals surface area contributed by atoms with Gasteiger partial charge >= 0.3 is 0 Å². The van der Waals surface area contributed by atoms with Crippen molar-refractivity contribution in [3.05, 3.63) is 59.1 Å². The van der Waals surface area contributed by atoms with Gasteiger partial charge in [0.2, 0.25) is 5.91 Å². The number of thiazole rings is 1. The topological polar surface area (TPSA) is 51.7 Å². The lowest BCUT2D eigenvalue weighted by molar-refractivity contribution is -0.126. The average Bonchev–Trinajstić information content (AvgIpc) is 3.09. The quantitative estimate of drug-likeness (QED) is 0.567. The number of aromatic nitrogens is 1. The number of likely N-dealkylation sites (tertiary alicyclic amines) is 1. The average molecular weight is 421 g/mol. The van der Waals surface area contributed by atoms with Crippen LogP contribution in [0.3, 0.4) is 0 Å². The number of hydrogen-bond acceptors (Lipinski definition) is 5. The normalized spacial score (nSPS) is 17.4. The maximum atomic E-state index is 12.7. The van der Waals surface area contributed by atoms with E-state index in [1.807, 2.05) is 35.2 Å². The summed E-state index contributed by atoms with van der Waals surface area (Å²) >= 11 is 1.78. The molecule has 2 aliphatic heterocycles. The Kier molecular flexibility index (Phi) is 5.41. The zero-order valence-electron chi connectivity index (χ0n) is 16.8. The number of carbonyl (C=O) groups excluding carboxylic acids is 1. The molecule has 1 aromatic heterocycles. The first kappa shape index (κ1) is 19.1. The summed E-state index contributed by atoms with van der Waals surface area (Å²) in [4.78, 5) is 19.4. The Morgan fingerprint density at radius 1 is 1.07 bits per heavy atom. The van der Waals surface area contributed by atoms with Crippen molar-refractivity contribution in [2.24, 2.45) is 0 Å². The maximum absolute atomic E-state index is 12.7. The van der Waals surface area contributed by atoms with Crippen molar-refractivity contribution in [3.8, 4) is 11.5 Å². The number of hydrogen-bond donors (Lipinski definition) is 0. The van der Waals surface area contributed by atoms with E-state index in [2.05, 4.69) is 18.2 Å². The molecule has 1 fully saturated rings. The van der Waals surface area contributed by atoms with Gasteiger partial charge in [0.15, 0.2) is 11.5 Å². The lowest BCUT2D eigenvalue weighted by Crippen LogP contribution is -2.36. The van der Waals surface area contributed by atoms with Gasteiger partial charge in [0.25, 0.3) is 0 Å². The molecule has 0 atom stereocenters. The number of piperidine rings is 1. The SMILES string of the molecule is O=C(/C=C/c1ccc2c(c1)OCCCO2)N1CCC(c2nc3ccccc3s2)CC1. The molecule has 3 heterocycles. The van der Waals surface area contributed by atoms with Crippen molar-refractivity contribution in [2.45, 2.75) is 25.2 Å². The van der Waals surface area contributed by atoms with Gasteiger partial charge in [0.1, 0.15) is 0 Å². The van der Waals surface area contributed by atoms with Crippen molar-refractivity contribution in [1.29, 1.82) is 0 Å². The van der Waals surface area contributed by atoms with E-state index in [1.54, 1.807) is 17.4 Å². The number of benzene rings is 2. The molecule has 0 N–H and O–H groups in total. The summed E-state index contributed by atoms with van der Waals surface area (Å²) in [5.41, 5.74) is 2.02. The van der Waals surface area contributed by atoms with Crippen LogP contribution in [0.1, 0.15) is 35.8 Å². The van der Waals surface area contributed by atoms with E-state index in [1.165, 1.54) is 9.71 Å². The first-order valence-electron chi connectivity index (χ1n) is 10.5. The largest absolute Gasteiger partial charge is 0.490 e. The lowest BCUT2D eigenvalue weighted by Gasteiger charge is -2.30. The fourth-order valence-electron chi connectivity index (χ4n) is 3.97. The van der Waals surface area contributed by atoms with Crippen molar-refractivity contribution in [1.82, 2.24) is 9.88 Å². The first-order chi connectivity index (χ1) is 14.8. The van der Waals surface area contributed by atoms with E-state index in [-0.39, 0.29) is 5.91 Å². The summed E-state index contributed by atoms with van der Waals surface area (Å²) in [5, 5.41) is 1.20. The molecule has 5 rings (SSSR count). The third kappa shape index (κ3) is 4.05. The summed E-state index contributed by atoms with van der Waals surface area (Å²) in [7, 11) is 0. The minimum atomic E-state index is 0.0601. The highest BCUT2D eigenvalue weighted by Gasteiger charge is 2.25. The van der Waals surface area contributed by atoms with Crippen LogP contribution < -0.4 is 9.47 Å². The number of ether oxygens (including phenoxy) is 2. The van der Waals surface area contributed by atoms with Gasteiger partial charge in [0, 0.05) is 31.5 Å². The third-order valence-electron chi connectivity index (χ3n) is 5.66. The number of para-hydroxylation sites is 1. The van der Waals surface area contributed by atoms with E-state index >= 15 is 0 Å².